The second-order valence-corrected chi connectivity index (χ2v) is 5.74. The van der Waals surface area contributed by atoms with Crippen LogP contribution in [0.25, 0.3) is 0 Å². The predicted molar refractivity (Wildman–Crippen MR) is 80.4 cm³/mol. The number of amides is 2. The first kappa shape index (κ1) is 17.5. The molecule has 0 saturated carbocycles. The molecule has 1 saturated heterocycles. The zero-order chi connectivity index (χ0) is 17.0. The number of anilines is 1. The summed E-state index contributed by atoms with van der Waals surface area (Å²) in [6.45, 7) is 0.318. The van der Waals surface area contributed by atoms with E-state index in [9.17, 15) is 22.8 Å². The highest BCUT2D eigenvalue weighted by Crippen LogP contribution is 2.29. The number of nitrogens with zero attached hydrogens (tertiary/aromatic N) is 1. The van der Waals surface area contributed by atoms with E-state index in [2.05, 4.69) is 10.1 Å². The standard InChI is InChI=1S/C14H15F3N2O3S/c1-23-8-12(20)18-11-5-6-19(13(11)21)9-3-2-4-10(7-9)22-14(15,16)17/h2-4,7,11H,5-6,8H2,1H3,(H,18,20). The lowest BCUT2D eigenvalue weighted by Crippen LogP contribution is -2.42. The van der Waals surface area contributed by atoms with Gasteiger partial charge in [-0.05, 0) is 24.8 Å². The van der Waals surface area contributed by atoms with Gasteiger partial charge in [-0.3, -0.25) is 9.59 Å². The van der Waals surface area contributed by atoms with Crippen LogP contribution in [-0.4, -0.2) is 42.8 Å². The van der Waals surface area contributed by atoms with Gasteiger partial charge in [-0.25, -0.2) is 0 Å². The van der Waals surface area contributed by atoms with Crippen molar-refractivity contribution >= 4 is 29.3 Å². The Labute approximate surface area is 135 Å². The van der Waals surface area contributed by atoms with E-state index in [-0.39, 0.29) is 17.6 Å². The fourth-order valence-electron chi connectivity index (χ4n) is 2.29. The van der Waals surface area contributed by atoms with E-state index in [1.807, 2.05) is 0 Å². The first-order chi connectivity index (χ1) is 10.8. The largest absolute Gasteiger partial charge is 0.573 e. The van der Waals surface area contributed by atoms with Gasteiger partial charge < -0.3 is 15.0 Å². The molecule has 2 rings (SSSR count). The number of thioether (sulfide) groups is 1. The van der Waals surface area contributed by atoms with Gasteiger partial charge >= 0.3 is 6.36 Å². The van der Waals surface area contributed by atoms with Gasteiger partial charge in [0.25, 0.3) is 0 Å². The summed E-state index contributed by atoms with van der Waals surface area (Å²) in [5, 5.41) is 2.62. The maximum atomic E-state index is 12.3. The lowest BCUT2D eigenvalue weighted by Gasteiger charge is -2.18. The zero-order valence-corrected chi connectivity index (χ0v) is 13.0. The van der Waals surface area contributed by atoms with Crippen molar-refractivity contribution in [2.75, 3.05) is 23.5 Å². The monoisotopic (exact) mass is 348 g/mol. The second-order valence-electron chi connectivity index (χ2n) is 4.88. The molecule has 5 nitrogen and oxygen atoms in total. The molecule has 1 N–H and O–H groups in total. The van der Waals surface area contributed by atoms with Crippen LogP contribution in [0.1, 0.15) is 6.42 Å². The quantitative estimate of drug-likeness (QED) is 0.886. The van der Waals surface area contributed by atoms with Crippen LogP contribution < -0.4 is 15.0 Å². The Morgan fingerprint density at radius 1 is 1.48 bits per heavy atom. The highest BCUT2D eigenvalue weighted by Gasteiger charge is 2.34. The van der Waals surface area contributed by atoms with E-state index in [1.54, 1.807) is 6.26 Å². The van der Waals surface area contributed by atoms with Gasteiger partial charge in [0.15, 0.2) is 0 Å². The number of nitrogens with one attached hydrogen (secondary N) is 1. The molecule has 1 aliphatic rings. The summed E-state index contributed by atoms with van der Waals surface area (Å²) in [5.41, 5.74) is 0.304. The fourth-order valence-corrected chi connectivity index (χ4v) is 2.63. The van der Waals surface area contributed by atoms with Crippen LogP contribution in [0.2, 0.25) is 0 Å². The Hall–Kier alpha value is -1.90. The first-order valence-corrected chi connectivity index (χ1v) is 8.15. The number of hydrogen-bond acceptors (Lipinski definition) is 4. The molecule has 23 heavy (non-hydrogen) atoms. The van der Waals surface area contributed by atoms with Crippen LogP contribution in [0.3, 0.4) is 0 Å². The average molecular weight is 348 g/mol. The van der Waals surface area contributed by atoms with Crippen molar-refractivity contribution in [3.05, 3.63) is 24.3 Å². The Morgan fingerprint density at radius 2 is 2.22 bits per heavy atom. The van der Waals surface area contributed by atoms with Crippen molar-refractivity contribution in [3.63, 3.8) is 0 Å². The third-order valence-electron chi connectivity index (χ3n) is 3.18. The number of benzene rings is 1. The molecule has 1 aromatic rings. The lowest BCUT2D eigenvalue weighted by molar-refractivity contribution is -0.274. The minimum absolute atomic E-state index is 0.244. The van der Waals surface area contributed by atoms with E-state index >= 15 is 0 Å². The topological polar surface area (TPSA) is 58.6 Å². The molecule has 0 spiro atoms. The summed E-state index contributed by atoms with van der Waals surface area (Å²) >= 11 is 1.34. The third-order valence-corrected chi connectivity index (χ3v) is 3.73. The number of alkyl halides is 3. The SMILES string of the molecule is CSCC(=O)NC1CCN(c2cccc(OC(F)(F)F)c2)C1=O. The van der Waals surface area contributed by atoms with Gasteiger partial charge in [0.05, 0.1) is 5.75 Å². The van der Waals surface area contributed by atoms with E-state index in [4.69, 9.17) is 0 Å². The smallest absolute Gasteiger partial charge is 0.406 e. The van der Waals surface area contributed by atoms with Crippen molar-refractivity contribution in [1.29, 1.82) is 0 Å². The second kappa shape index (κ2) is 7.12. The predicted octanol–water partition coefficient (Wildman–Crippen LogP) is 2.17. The highest BCUT2D eigenvalue weighted by atomic mass is 32.2. The van der Waals surface area contributed by atoms with Crippen LogP contribution in [0, 0.1) is 0 Å². The number of ether oxygens (including phenoxy) is 1. The van der Waals surface area contributed by atoms with Crippen LogP contribution in [-0.2, 0) is 9.59 Å². The molecule has 1 aromatic carbocycles. The molecule has 0 bridgehead atoms. The fraction of sp³-hybridized carbons (Fsp3) is 0.429. The molecular formula is C14H15F3N2O3S. The van der Waals surface area contributed by atoms with Gasteiger partial charge in [0.2, 0.25) is 11.8 Å². The van der Waals surface area contributed by atoms with Crippen molar-refractivity contribution in [2.24, 2.45) is 0 Å². The Kier molecular flexibility index (Phi) is 5.40. The minimum Gasteiger partial charge on any atom is -0.406 e. The van der Waals surface area contributed by atoms with Crippen molar-refractivity contribution in [1.82, 2.24) is 5.32 Å². The number of hydrogen-bond donors (Lipinski definition) is 1. The molecule has 2 amide bonds. The van der Waals surface area contributed by atoms with Gasteiger partial charge in [0.1, 0.15) is 11.8 Å². The molecule has 1 heterocycles. The number of carbonyl (C=O) groups is 2. The maximum Gasteiger partial charge on any atom is 0.573 e. The first-order valence-electron chi connectivity index (χ1n) is 6.75. The van der Waals surface area contributed by atoms with Crippen molar-refractivity contribution in [3.8, 4) is 5.75 Å². The van der Waals surface area contributed by atoms with E-state index in [0.717, 1.165) is 12.1 Å². The molecule has 9 heteroatoms. The summed E-state index contributed by atoms with van der Waals surface area (Å²) in [6, 6.07) is 4.56. The molecule has 1 fully saturated rings. The minimum atomic E-state index is -4.79. The third kappa shape index (κ3) is 4.78. The molecule has 126 valence electrons. The summed E-state index contributed by atoms with van der Waals surface area (Å²) in [7, 11) is 0. The molecule has 0 radical (unpaired) electrons. The van der Waals surface area contributed by atoms with Crippen LogP contribution in [0.5, 0.6) is 5.75 Å². The molecule has 0 aromatic heterocycles. The van der Waals surface area contributed by atoms with Gasteiger partial charge in [0, 0.05) is 18.3 Å². The van der Waals surface area contributed by atoms with Gasteiger partial charge in [-0.1, -0.05) is 6.07 Å². The summed E-state index contributed by atoms with van der Waals surface area (Å²) < 4.78 is 40.6. The molecule has 1 unspecified atom stereocenters. The molecular weight excluding hydrogens is 333 g/mol. The van der Waals surface area contributed by atoms with Crippen LogP contribution in [0.4, 0.5) is 18.9 Å². The van der Waals surface area contributed by atoms with Crippen LogP contribution in [0.15, 0.2) is 24.3 Å². The van der Waals surface area contributed by atoms with Crippen molar-refractivity contribution in [2.45, 2.75) is 18.8 Å². The van der Waals surface area contributed by atoms with Crippen LogP contribution >= 0.6 is 11.8 Å². The van der Waals surface area contributed by atoms with Crippen molar-refractivity contribution < 1.29 is 27.5 Å². The zero-order valence-electron chi connectivity index (χ0n) is 12.2. The Bertz CT molecular complexity index is 595. The summed E-state index contributed by atoms with van der Waals surface area (Å²) in [4.78, 5) is 25.2. The van der Waals surface area contributed by atoms with E-state index in [1.165, 1.54) is 28.8 Å². The van der Waals surface area contributed by atoms with E-state index < -0.39 is 18.2 Å². The number of rotatable bonds is 5. The maximum absolute atomic E-state index is 12.3. The summed E-state index contributed by atoms with van der Waals surface area (Å²) in [5.74, 6) is -0.730. The Morgan fingerprint density at radius 3 is 2.87 bits per heavy atom. The molecule has 1 atom stereocenters. The Balaban J connectivity index is 2.07. The molecule has 0 aliphatic carbocycles. The normalized spacial score (nSPS) is 18.2. The number of halogens is 3. The highest BCUT2D eigenvalue weighted by molar-refractivity contribution is 7.99. The van der Waals surface area contributed by atoms with E-state index in [0.29, 0.717) is 18.7 Å². The van der Waals surface area contributed by atoms with Gasteiger partial charge in [-0.2, -0.15) is 11.8 Å². The molecule has 1 aliphatic heterocycles. The lowest BCUT2D eigenvalue weighted by atomic mass is 10.2. The number of carbonyl (C=O) groups excluding carboxylic acids is 2. The average Bonchev–Trinajstić information content (AvgIpc) is 2.79. The van der Waals surface area contributed by atoms with Gasteiger partial charge in [-0.15, -0.1) is 13.2 Å². The summed E-state index contributed by atoms with van der Waals surface area (Å²) in [6.07, 6.45) is -2.61.